The van der Waals surface area contributed by atoms with Crippen LogP contribution in [0.5, 0.6) is 0 Å². The number of esters is 2. The van der Waals surface area contributed by atoms with E-state index in [0.717, 1.165) is 0 Å². The molecule has 0 saturated heterocycles. The van der Waals surface area contributed by atoms with Crippen LogP contribution >= 0.6 is 23.2 Å². The van der Waals surface area contributed by atoms with Gasteiger partial charge in [0.25, 0.3) is 0 Å². The van der Waals surface area contributed by atoms with Crippen LogP contribution in [0.2, 0.25) is 10.0 Å². The molecule has 0 aliphatic rings. The van der Waals surface area contributed by atoms with Crippen molar-refractivity contribution in [1.29, 1.82) is 0 Å². The Morgan fingerprint density at radius 2 is 1.70 bits per heavy atom. The first-order valence-corrected chi connectivity index (χ1v) is 12.2. The number of hydroxylamine groups is 1. The van der Waals surface area contributed by atoms with Crippen LogP contribution in [0.4, 0.5) is 0 Å². The van der Waals surface area contributed by atoms with Gasteiger partial charge in [0, 0.05) is 15.6 Å². The van der Waals surface area contributed by atoms with Crippen molar-refractivity contribution in [2.75, 3.05) is 6.61 Å². The zero-order chi connectivity index (χ0) is 27.3. The molecule has 37 heavy (non-hydrogen) atoms. The van der Waals surface area contributed by atoms with Gasteiger partial charge in [0.15, 0.2) is 5.58 Å². The van der Waals surface area contributed by atoms with Crippen LogP contribution in [0.15, 0.2) is 40.8 Å². The Hall–Kier alpha value is -3.18. The van der Waals surface area contributed by atoms with Gasteiger partial charge < -0.3 is 24.5 Å². The molecular formula is C25H27Cl2N3O7. The summed E-state index contributed by atoms with van der Waals surface area (Å²) in [5.41, 5.74) is 9.71. The van der Waals surface area contributed by atoms with E-state index in [2.05, 4.69) is 10.5 Å². The summed E-state index contributed by atoms with van der Waals surface area (Å²) in [7, 11) is 0. The molecule has 0 saturated carbocycles. The topological polar surface area (TPSA) is 143 Å². The quantitative estimate of drug-likeness (QED) is 0.212. The Balaban J connectivity index is 1.53. The lowest BCUT2D eigenvalue weighted by molar-refractivity contribution is -0.164. The maximum atomic E-state index is 12.5. The lowest BCUT2D eigenvalue weighted by atomic mass is 10.1. The van der Waals surface area contributed by atoms with E-state index in [0.29, 0.717) is 32.6 Å². The highest BCUT2D eigenvalue weighted by Crippen LogP contribution is 2.29. The van der Waals surface area contributed by atoms with Gasteiger partial charge in [0.1, 0.15) is 30.3 Å². The molecule has 1 heterocycles. The highest BCUT2D eigenvalue weighted by atomic mass is 35.5. The van der Waals surface area contributed by atoms with Gasteiger partial charge in [-0.3, -0.25) is 4.79 Å². The fourth-order valence-electron chi connectivity index (χ4n) is 3.00. The van der Waals surface area contributed by atoms with E-state index in [1.807, 2.05) is 0 Å². The molecule has 1 unspecified atom stereocenters. The van der Waals surface area contributed by atoms with Crippen molar-refractivity contribution in [2.24, 2.45) is 11.7 Å². The predicted octanol–water partition coefficient (Wildman–Crippen LogP) is 4.31. The lowest BCUT2D eigenvalue weighted by Gasteiger charge is -2.19. The third kappa shape index (κ3) is 7.65. The Kier molecular flexibility index (Phi) is 9.50. The van der Waals surface area contributed by atoms with Crippen molar-refractivity contribution in [3.63, 3.8) is 0 Å². The van der Waals surface area contributed by atoms with E-state index in [-0.39, 0.29) is 18.1 Å². The van der Waals surface area contributed by atoms with Gasteiger partial charge >= 0.3 is 17.9 Å². The average molecular weight is 552 g/mol. The van der Waals surface area contributed by atoms with Crippen molar-refractivity contribution in [2.45, 2.75) is 45.9 Å². The molecule has 0 amide bonds. The van der Waals surface area contributed by atoms with Crippen LogP contribution in [0.1, 0.15) is 38.1 Å². The highest BCUT2D eigenvalue weighted by Gasteiger charge is 2.24. The number of carbonyl (C=O) groups excluding carboxylic acids is 3. The normalized spacial score (nSPS) is 13.7. The van der Waals surface area contributed by atoms with Gasteiger partial charge in [-0.05, 0) is 56.2 Å². The first-order chi connectivity index (χ1) is 17.4. The summed E-state index contributed by atoms with van der Waals surface area (Å²) in [6.07, 6.45) is -0.762. The first-order valence-electron chi connectivity index (χ1n) is 11.4. The van der Waals surface area contributed by atoms with E-state index in [9.17, 15) is 14.4 Å². The fourth-order valence-corrected chi connectivity index (χ4v) is 3.52. The third-order valence-electron chi connectivity index (χ3n) is 5.18. The van der Waals surface area contributed by atoms with Gasteiger partial charge in [-0.1, -0.05) is 37.0 Å². The zero-order valence-corrected chi connectivity index (χ0v) is 22.1. The molecule has 1 aromatic heterocycles. The van der Waals surface area contributed by atoms with Crippen molar-refractivity contribution >= 4 is 52.2 Å². The number of aromatic nitrogens is 1. The lowest BCUT2D eigenvalue weighted by Crippen LogP contribution is -2.44. The average Bonchev–Trinajstić information content (AvgIpc) is 3.28. The maximum Gasteiger partial charge on any atom is 0.341 e. The predicted molar refractivity (Wildman–Crippen MR) is 137 cm³/mol. The highest BCUT2D eigenvalue weighted by molar-refractivity contribution is 6.35. The molecule has 0 aliphatic carbocycles. The van der Waals surface area contributed by atoms with E-state index < -0.39 is 36.1 Å². The molecular weight excluding hydrogens is 525 g/mol. The Labute approximate surface area is 223 Å². The van der Waals surface area contributed by atoms with E-state index in [1.54, 1.807) is 51.1 Å². The minimum Gasteiger partial charge on any atom is -0.458 e. The van der Waals surface area contributed by atoms with Crippen molar-refractivity contribution in [3.05, 3.63) is 52.0 Å². The summed E-state index contributed by atoms with van der Waals surface area (Å²) in [6, 6.07) is 7.80. The number of fused-ring (bicyclic) bond motifs is 1. The molecule has 3 aromatic rings. The minimum atomic E-state index is -0.959. The van der Waals surface area contributed by atoms with Crippen LogP contribution in [0.3, 0.4) is 0 Å². The molecule has 0 aliphatic heterocycles. The van der Waals surface area contributed by atoms with Crippen molar-refractivity contribution in [3.8, 4) is 11.5 Å². The standard InChI is InChI=1S/C25H27Cl2N3O7/c1-12(2)21(28)25(33)37-30-14(4)23(31)35-13(3)11-34-24(32)15-5-6-19-20(9-15)36-22(29-19)16-7-17(26)10-18(27)8-16/h5-10,12-14,21,30H,11,28H2,1-4H3/t13?,14-,21-/m0/s1. The number of carbonyl (C=O) groups is 3. The number of rotatable bonds is 10. The molecule has 10 nitrogen and oxygen atoms in total. The number of oxazole rings is 1. The summed E-state index contributed by atoms with van der Waals surface area (Å²) in [4.78, 5) is 45.8. The molecule has 0 radical (unpaired) electrons. The number of hydrogen-bond acceptors (Lipinski definition) is 10. The number of nitrogens with two attached hydrogens (primary N) is 1. The third-order valence-corrected chi connectivity index (χ3v) is 5.62. The van der Waals surface area contributed by atoms with Gasteiger partial charge in [0.2, 0.25) is 5.89 Å². The maximum absolute atomic E-state index is 12.5. The monoisotopic (exact) mass is 551 g/mol. The molecule has 0 spiro atoms. The van der Waals surface area contributed by atoms with E-state index in [4.69, 9.17) is 47.7 Å². The smallest absolute Gasteiger partial charge is 0.341 e. The minimum absolute atomic E-state index is 0.125. The second kappa shape index (κ2) is 12.4. The molecule has 12 heteroatoms. The molecule has 3 atom stereocenters. The Morgan fingerprint density at radius 3 is 2.35 bits per heavy atom. The number of halogens is 2. The molecule has 3 N–H and O–H groups in total. The Morgan fingerprint density at radius 1 is 1.03 bits per heavy atom. The first kappa shape index (κ1) is 28.4. The molecule has 3 rings (SSSR count). The fraction of sp³-hybridized carbons (Fsp3) is 0.360. The molecule has 198 valence electrons. The van der Waals surface area contributed by atoms with Crippen molar-refractivity contribution in [1.82, 2.24) is 10.5 Å². The van der Waals surface area contributed by atoms with Gasteiger partial charge in [0.05, 0.1) is 5.56 Å². The second-order valence-electron chi connectivity index (χ2n) is 8.74. The molecule has 2 aromatic carbocycles. The van der Waals surface area contributed by atoms with Crippen LogP contribution < -0.4 is 11.2 Å². The number of nitrogens with one attached hydrogen (secondary N) is 1. The summed E-state index contributed by atoms with van der Waals surface area (Å²) in [5.74, 6) is -1.86. The second-order valence-corrected chi connectivity index (χ2v) is 9.61. The SMILES string of the molecule is CC(COC(=O)c1ccc2nc(-c3cc(Cl)cc(Cl)c3)oc2c1)OC(=O)[C@H](C)NOC(=O)[C@@H](N)C(C)C. The van der Waals surface area contributed by atoms with Crippen LogP contribution in [0.25, 0.3) is 22.6 Å². The summed E-state index contributed by atoms with van der Waals surface area (Å²) >= 11 is 12.1. The van der Waals surface area contributed by atoms with Crippen LogP contribution in [-0.4, -0.2) is 47.7 Å². The van der Waals surface area contributed by atoms with Gasteiger partial charge in [-0.25, -0.2) is 14.6 Å². The number of hydrogen-bond donors (Lipinski definition) is 2. The number of benzene rings is 2. The largest absolute Gasteiger partial charge is 0.458 e. The van der Waals surface area contributed by atoms with Gasteiger partial charge in [-0.15, -0.1) is 5.48 Å². The zero-order valence-electron chi connectivity index (χ0n) is 20.6. The van der Waals surface area contributed by atoms with Crippen molar-refractivity contribution < 1.29 is 33.1 Å². The summed E-state index contributed by atoms with van der Waals surface area (Å²) in [5, 5.41) is 0.871. The summed E-state index contributed by atoms with van der Waals surface area (Å²) < 4.78 is 16.3. The molecule has 0 bridgehead atoms. The van der Waals surface area contributed by atoms with E-state index >= 15 is 0 Å². The number of ether oxygens (including phenoxy) is 2. The Bertz CT molecular complexity index is 1270. The van der Waals surface area contributed by atoms with E-state index in [1.165, 1.54) is 13.0 Å². The summed E-state index contributed by atoms with van der Waals surface area (Å²) in [6.45, 7) is 6.35. The molecule has 0 fully saturated rings. The number of nitrogens with zero attached hydrogens (tertiary/aromatic N) is 1. The van der Waals surface area contributed by atoms with Crippen LogP contribution in [-0.2, 0) is 23.9 Å². The van der Waals surface area contributed by atoms with Gasteiger partial charge in [-0.2, -0.15) is 0 Å². The van der Waals surface area contributed by atoms with Crippen LogP contribution in [0, 0.1) is 5.92 Å².